The molecule has 0 aliphatic rings. The zero-order chi connectivity index (χ0) is 15.2. The number of hydrogen-bond acceptors (Lipinski definition) is 3. The van der Waals surface area contributed by atoms with Crippen LogP contribution < -0.4 is 10.6 Å². The molecule has 0 spiro atoms. The van der Waals surface area contributed by atoms with Gasteiger partial charge in [-0.2, -0.15) is 0 Å². The van der Waals surface area contributed by atoms with Crippen molar-refractivity contribution in [3.05, 3.63) is 52.0 Å². The molecule has 0 aliphatic heterocycles. The van der Waals surface area contributed by atoms with Crippen molar-refractivity contribution in [1.82, 2.24) is 5.32 Å². The highest BCUT2D eigenvalue weighted by molar-refractivity contribution is 7.10. The van der Waals surface area contributed by atoms with E-state index in [0.29, 0.717) is 12.1 Å². The van der Waals surface area contributed by atoms with Crippen LogP contribution in [0.1, 0.15) is 41.5 Å². The monoisotopic (exact) mass is 306 g/mol. The number of halogens is 1. The number of thiophene rings is 1. The van der Waals surface area contributed by atoms with Crippen LogP contribution in [0.15, 0.2) is 35.7 Å². The normalized spacial score (nSPS) is 12.0. The first kappa shape index (κ1) is 15.5. The largest absolute Gasteiger partial charge is 0.382 e. The Morgan fingerprint density at radius 2 is 2.10 bits per heavy atom. The van der Waals surface area contributed by atoms with Crippen molar-refractivity contribution in [2.45, 2.75) is 26.3 Å². The molecule has 2 N–H and O–H groups in total. The highest BCUT2D eigenvalue weighted by Crippen LogP contribution is 2.24. The predicted octanol–water partition coefficient (Wildman–Crippen LogP) is 4.20. The minimum atomic E-state index is -0.409. The molecular formula is C16H19FN2OS. The Balaban J connectivity index is 2.22. The van der Waals surface area contributed by atoms with Gasteiger partial charge in [-0.05, 0) is 36.9 Å². The van der Waals surface area contributed by atoms with Gasteiger partial charge in [0.2, 0.25) is 0 Å². The molecule has 0 saturated carbocycles. The number of rotatable bonds is 6. The molecule has 2 aromatic rings. The molecule has 0 aliphatic carbocycles. The van der Waals surface area contributed by atoms with Gasteiger partial charge in [0.25, 0.3) is 5.91 Å². The molecule has 1 heterocycles. The van der Waals surface area contributed by atoms with E-state index in [1.807, 2.05) is 31.4 Å². The van der Waals surface area contributed by atoms with Crippen LogP contribution in [0.3, 0.4) is 0 Å². The molecule has 1 atom stereocenters. The van der Waals surface area contributed by atoms with E-state index < -0.39 is 5.82 Å². The number of carbonyl (C=O) groups is 1. The minimum Gasteiger partial charge on any atom is -0.382 e. The SMILES string of the molecule is CCNc1c(F)cccc1C(=O)NC(CC)c1cccs1. The molecule has 2 rings (SSSR count). The summed E-state index contributed by atoms with van der Waals surface area (Å²) in [5.41, 5.74) is 0.602. The Morgan fingerprint density at radius 1 is 1.29 bits per heavy atom. The first-order valence-corrected chi connectivity index (χ1v) is 7.92. The Bertz CT molecular complexity index is 598. The van der Waals surface area contributed by atoms with Crippen LogP contribution >= 0.6 is 11.3 Å². The Morgan fingerprint density at radius 3 is 2.71 bits per heavy atom. The summed E-state index contributed by atoms with van der Waals surface area (Å²) in [4.78, 5) is 13.5. The minimum absolute atomic E-state index is 0.0461. The number of carbonyl (C=O) groups excluding carboxylic acids is 1. The predicted molar refractivity (Wildman–Crippen MR) is 85.4 cm³/mol. The van der Waals surface area contributed by atoms with Gasteiger partial charge in [-0.3, -0.25) is 4.79 Å². The fourth-order valence-corrected chi connectivity index (χ4v) is 3.03. The maximum absolute atomic E-state index is 13.8. The fraction of sp³-hybridized carbons (Fsp3) is 0.312. The third-order valence-electron chi connectivity index (χ3n) is 3.21. The number of benzene rings is 1. The van der Waals surface area contributed by atoms with E-state index in [4.69, 9.17) is 0 Å². The van der Waals surface area contributed by atoms with Crippen LogP contribution in [0.5, 0.6) is 0 Å². The van der Waals surface area contributed by atoms with Gasteiger partial charge in [-0.25, -0.2) is 4.39 Å². The van der Waals surface area contributed by atoms with Gasteiger partial charge in [0.1, 0.15) is 5.82 Å². The van der Waals surface area contributed by atoms with Crippen LogP contribution in [-0.4, -0.2) is 12.5 Å². The summed E-state index contributed by atoms with van der Waals surface area (Å²) < 4.78 is 13.8. The van der Waals surface area contributed by atoms with E-state index >= 15 is 0 Å². The lowest BCUT2D eigenvalue weighted by Crippen LogP contribution is -2.28. The molecule has 3 nitrogen and oxygen atoms in total. The molecule has 0 saturated heterocycles. The molecule has 0 fully saturated rings. The first-order chi connectivity index (χ1) is 10.2. The van der Waals surface area contributed by atoms with Gasteiger partial charge in [0.15, 0.2) is 0 Å². The second-order valence-corrected chi connectivity index (χ2v) is 5.62. The van der Waals surface area contributed by atoms with Crippen molar-refractivity contribution >= 4 is 22.9 Å². The van der Waals surface area contributed by atoms with Gasteiger partial charge in [-0.1, -0.05) is 19.1 Å². The van der Waals surface area contributed by atoms with Crippen LogP contribution in [0.4, 0.5) is 10.1 Å². The topological polar surface area (TPSA) is 41.1 Å². The number of hydrogen-bond donors (Lipinski definition) is 2. The van der Waals surface area contributed by atoms with Crippen molar-refractivity contribution < 1.29 is 9.18 Å². The first-order valence-electron chi connectivity index (χ1n) is 7.04. The molecule has 0 radical (unpaired) electrons. The highest BCUT2D eigenvalue weighted by atomic mass is 32.1. The van der Waals surface area contributed by atoms with Crippen LogP contribution in [0, 0.1) is 5.82 Å². The maximum Gasteiger partial charge on any atom is 0.253 e. The van der Waals surface area contributed by atoms with Gasteiger partial charge in [0.05, 0.1) is 17.3 Å². The number of nitrogens with one attached hydrogen (secondary N) is 2. The number of para-hydroxylation sites is 1. The maximum atomic E-state index is 13.8. The summed E-state index contributed by atoms with van der Waals surface area (Å²) in [5, 5.41) is 7.88. The van der Waals surface area contributed by atoms with Crippen LogP contribution in [0.25, 0.3) is 0 Å². The van der Waals surface area contributed by atoms with Gasteiger partial charge >= 0.3 is 0 Å². The van der Waals surface area contributed by atoms with Gasteiger partial charge in [0, 0.05) is 11.4 Å². The summed E-state index contributed by atoms with van der Waals surface area (Å²) in [6, 6.07) is 8.45. The summed E-state index contributed by atoms with van der Waals surface area (Å²) >= 11 is 1.61. The average Bonchev–Trinajstić information content (AvgIpc) is 3.01. The molecule has 1 aromatic carbocycles. The van der Waals surface area contributed by atoms with Crippen molar-refractivity contribution in [3.8, 4) is 0 Å². The van der Waals surface area contributed by atoms with Crippen LogP contribution in [0.2, 0.25) is 0 Å². The number of anilines is 1. The molecule has 1 amide bonds. The lowest BCUT2D eigenvalue weighted by molar-refractivity contribution is 0.0936. The molecule has 0 bridgehead atoms. The quantitative estimate of drug-likeness (QED) is 0.840. The Hall–Kier alpha value is -1.88. The summed E-state index contributed by atoms with van der Waals surface area (Å²) in [6.45, 7) is 4.44. The van der Waals surface area contributed by atoms with E-state index in [0.717, 1.165) is 11.3 Å². The van der Waals surface area contributed by atoms with Gasteiger partial charge < -0.3 is 10.6 Å². The Labute approximate surface area is 128 Å². The molecule has 21 heavy (non-hydrogen) atoms. The van der Waals surface area contributed by atoms with E-state index in [1.54, 1.807) is 23.5 Å². The fourth-order valence-electron chi connectivity index (χ4n) is 2.17. The zero-order valence-corrected chi connectivity index (χ0v) is 13.0. The van der Waals surface area contributed by atoms with E-state index in [1.165, 1.54) is 6.07 Å². The third kappa shape index (κ3) is 3.61. The van der Waals surface area contributed by atoms with Crippen molar-refractivity contribution in [2.24, 2.45) is 0 Å². The summed E-state index contributed by atoms with van der Waals surface area (Å²) in [6.07, 6.45) is 0.790. The lowest BCUT2D eigenvalue weighted by Gasteiger charge is -2.17. The molecule has 1 unspecified atom stereocenters. The van der Waals surface area contributed by atoms with E-state index in [-0.39, 0.29) is 17.6 Å². The van der Waals surface area contributed by atoms with Crippen molar-refractivity contribution in [2.75, 3.05) is 11.9 Å². The second-order valence-electron chi connectivity index (χ2n) is 4.64. The third-order valence-corrected chi connectivity index (χ3v) is 4.20. The summed E-state index contributed by atoms with van der Waals surface area (Å²) in [5.74, 6) is -0.667. The summed E-state index contributed by atoms with van der Waals surface area (Å²) in [7, 11) is 0. The lowest BCUT2D eigenvalue weighted by atomic mass is 10.1. The zero-order valence-electron chi connectivity index (χ0n) is 12.2. The molecule has 1 aromatic heterocycles. The second kappa shape index (κ2) is 7.22. The number of amides is 1. The molecular weight excluding hydrogens is 287 g/mol. The van der Waals surface area contributed by atoms with Crippen molar-refractivity contribution in [3.63, 3.8) is 0 Å². The molecule has 5 heteroatoms. The average molecular weight is 306 g/mol. The van der Waals surface area contributed by atoms with Crippen LogP contribution in [-0.2, 0) is 0 Å². The van der Waals surface area contributed by atoms with E-state index in [9.17, 15) is 9.18 Å². The van der Waals surface area contributed by atoms with E-state index in [2.05, 4.69) is 10.6 Å². The smallest absolute Gasteiger partial charge is 0.253 e. The Kier molecular flexibility index (Phi) is 5.33. The van der Waals surface area contributed by atoms with Gasteiger partial charge in [-0.15, -0.1) is 11.3 Å². The standard InChI is InChI=1S/C16H19FN2OS/c1-3-13(14-9-6-10-21-14)19-16(20)11-7-5-8-12(17)15(11)18-4-2/h5-10,13,18H,3-4H2,1-2H3,(H,19,20). The molecule has 112 valence electrons. The van der Waals surface area contributed by atoms with Crippen molar-refractivity contribution in [1.29, 1.82) is 0 Å². The highest BCUT2D eigenvalue weighted by Gasteiger charge is 2.19.